The van der Waals surface area contributed by atoms with Gasteiger partial charge in [-0.3, -0.25) is 0 Å². The Bertz CT molecular complexity index is 475. The van der Waals surface area contributed by atoms with E-state index >= 15 is 0 Å². The molecule has 0 radical (unpaired) electrons. The second kappa shape index (κ2) is 3.37. The van der Waals surface area contributed by atoms with E-state index in [1.165, 1.54) is 0 Å². The maximum absolute atomic E-state index is 13.3. The molecule has 2 rings (SSSR count). The molecule has 0 saturated heterocycles. The molecule has 0 aliphatic heterocycles. The molecule has 0 aromatic heterocycles. The minimum atomic E-state index is -0.786. The van der Waals surface area contributed by atoms with Crippen molar-refractivity contribution >= 4 is 10.8 Å². The molecule has 0 bridgehead atoms. The largest absolute Gasteiger partial charge is 0.204 e. The lowest BCUT2D eigenvalue weighted by Crippen LogP contribution is -1.88. The Hall–Kier alpha value is -1.44. The van der Waals surface area contributed by atoms with Gasteiger partial charge < -0.3 is 0 Å². The monoisotopic (exact) mass is 192 g/mol. The first-order chi connectivity index (χ1) is 6.72. The zero-order chi connectivity index (χ0) is 10.1. The van der Waals surface area contributed by atoms with Crippen LogP contribution < -0.4 is 0 Å². The van der Waals surface area contributed by atoms with Gasteiger partial charge in [0.15, 0.2) is 11.6 Å². The molecule has 0 fully saturated rings. The van der Waals surface area contributed by atoms with Crippen molar-refractivity contribution in [3.63, 3.8) is 0 Å². The fraction of sp³-hybridized carbons (Fsp3) is 0.167. The first-order valence-electron chi connectivity index (χ1n) is 4.59. The Kier molecular flexibility index (Phi) is 2.20. The van der Waals surface area contributed by atoms with Crippen LogP contribution >= 0.6 is 0 Å². The van der Waals surface area contributed by atoms with Crippen molar-refractivity contribution in [3.05, 3.63) is 47.5 Å². The third kappa shape index (κ3) is 1.37. The molecule has 0 nitrogen and oxygen atoms in total. The molecule has 72 valence electrons. The summed E-state index contributed by atoms with van der Waals surface area (Å²) in [5.74, 6) is -1.54. The molecule has 0 spiro atoms. The van der Waals surface area contributed by atoms with Gasteiger partial charge in [-0.1, -0.05) is 25.1 Å². The summed E-state index contributed by atoms with van der Waals surface area (Å²) in [5, 5.41) is 1.10. The third-order valence-corrected chi connectivity index (χ3v) is 2.38. The Morgan fingerprint density at radius 3 is 2.50 bits per heavy atom. The lowest BCUT2D eigenvalue weighted by Gasteiger charge is -2.02. The third-order valence-electron chi connectivity index (χ3n) is 2.38. The summed E-state index contributed by atoms with van der Waals surface area (Å²) in [6, 6.07) is 8.20. The van der Waals surface area contributed by atoms with Gasteiger partial charge in [0.1, 0.15) is 0 Å². The topological polar surface area (TPSA) is 0 Å². The summed E-state index contributed by atoms with van der Waals surface area (Å²) in [6.07, 6.45) is 0.825. The molecule has 0 aliphatic rings. The fourth-order valence-corrected chi connectivity index (χ4v) is 1.52. The lowest BCUT2D eigenvalue weighted by atomic mass is 10.1. The zero-order valence-corrected chi connectivity index (χ0v) is 7.85. The van der Waals surface area contributed by atoms with Crippen molar-refractivity contribution in [1.82, 2.24) is 0 Å². The van der Waals surface area contributed by atoms with Gasteiger partial charge in [0.25, 0.3) is 0 Å². The number of halogens is 2. The number of aryl methyl sites for hydroxylation is 1. The first kappa shape index (κ1) is 9.13. The molecule has 0 amide bonds. The van der Waals surface area contributed by atoms with Crippen LogP contribution in [0.2, 0.25) is 0 Å². The SMILES string of the molecule is CCc1ccc2ccc(F)c(F)c2c1. The highest BCUT2D eigenvalue weighted by Gasteiger charge is 2.06. The number of hydrogen-bond acceptors (Lipinski definition) is 0. The number of rotatable bonds is 1. The van der Waals surface area contributed by atoms with Crippen molar-refractivity contribution in [2.24, 2.45) is 0 Å². The summed E-state index contributed by atoms with van der Waals surface area (Å²) in [6.45, 7) is 1.98. The van der Waals surface area contributed by atoms with E-state index in [9.17, 15) is 8.78 Å². The molecule has 0 saturated carbocycles. The standard InChI is InChI=1S/C12H10F2/c1-2-8-3-4-9-5-6-11(13)12(14)10(9)7-8/h3-7H,2H2,1H3. The van der Waals surface area contributed by atoms with E-state index < -0.39 is 11.6 Å². The van der Waals surface area contributed by atoms with Crippen LogP contribution in [0.15, 0.2) is 30.3 Å². The van der Waals surface area contributed by atoms with E-state index in [2.05, 4.69) is 0 Å². The molecule has 0 N–H and O–H groups in total. The van der Waals surface area contributed by atoms with Crippen LogP contribution in [-0.4, -0.2) is 0 Å². The van der Waals surface area contributed by atoms with Crippen LogP contribution in [0.3, 0.4) is 0 Å². The van der Waals surface area contributed by atoms with Crippen LogP contribution in [0.1, 0.15) is 12.5 Å². The fourth-order valence-electron chi connectivity index (χ4n) is 1.52. The minimum Gasteiger partial charge on any atom is -0.204 e. The van der Waals surface area contributed by atoms with Crippen LogP contribution in [0.5, 0.6) is 0 Å². The van der Waals surface area contributed by atoms with Gasteiger partial charge in [-0.15, -0.1) is 0 Å². The number of benzene rings is 2. The number of hydrogen-bond donors (Lipinski definition) is 0. The number of fused-ring (bicyclic) bond motifs is 1. The molecule has 2 aromatic carbocycles. The summed E-state index contributed by atoms with van der Waals surface area (Å²) < 4.78 is 26.2. The van der Waals surface area contributed by atoms with Gasteiger partial charge in [-0.2, -0.15) is 0 Å². The van der Waals surface area contributed by atoms with E-state index in [0.29, 0.717) is 5.39 Å². The highest BCUT2D eigenvalue weighted by molar-refractivity contribution is 5.83. The summed E-state index contributed by atoms with van der Waals surface area (Å²) in [7, 11) is 0. The van der Waals surface area contributed by atoms with Crippen LogP contribution in [0.25, 0.3) is 10.8 Å². The van der Waals surface area contributed by atoms with Gasteiger partial charge in [0.2, 0.25) is 0 Å². The highest BCUT2D eigenvalue weighted by atomic mass is 19.2. The highest BCUT2D eigenvalue weighted by Crippen LogP contribution is 2.21. The van der Waals surface area contributed by atoms with Crippen molar-refractivity contribution in [2.45, 2.75) is 13.3 Å². The molecular weight excluding hydrogens is 182 g/mol. The molecule has 2 heteroatoms. The predicted molar refractivity (Wildman–Crippen MR) is 53.2 cm³/mol. The first-order valence-corrected chi connectivity index (χ1v) is 4.59. The van der Waals surface area contributed by atoms with Crippen LogP contribution in [0, 0.1) is 11.6 Å². The molecule has 0 unspecified atom stereocenters. The predicted octanol–water partition coefficient (Wildman–Crippen LogP) is 3.68. The molecule has 0 aliphatic carbocycles. The molecule has 2 aromatic rings. The summed E-state index contributed by atoms with van der Waals surface area (Å²) in [5.41, 5.74) is 1.02. The molecule has 0 atom stereocenters. The van der Waals surface area contributed by atoms with Crippen molar-refractivity contribution in [1.29, 1.82) is 0 Å². The molecular formula is C12H10F2. The van der Waals surface area contributed by atoms with Gasteiger partial charge in [0, 0.05) is 5.39 Å². The van der Waals surface area contributed by atoms with Crippen LogP contribution in [-0.2, 0) is 6.42 Å². The van der Waals surface area contributed by atoms with Crippen molar-refractivity contribution in [3.8, 4) is 0 Å². The molecule has 0 heterocycles. The Morgan fingerprint density at radius 2 is 1.79 bits per heavy atom. The second-order valence-corrected chi connectivity index (χ2v) is 3.27. The van der Waals surface area contributed by atoms with E-state index in [0.717, 1.165) is 23.4 Å². The van der Waals surface area contributed by atoms with Crippen LogP contribution in [0.4, 0.5) is 8.78 Å². The summed E-state index contributed by atoms with van der Waals surface area (Å²) in [4.78, 5) is 0. The van der Waals surface area contributed by atoms with E-state index in [-0.39, 0.29) is 0 Å². The molecule has 14 heavy (non-hydrogen) atoms. The van der Waals surface area contributed by atoms with Gasteiger partial charge >= 0.3 is 0 Å². The van der Waals surface area contributed by atoms with Crippen molar-refractivity contribution < 1.29 is 8.78 Å². The average molecular weight is 192 g/mol. The van der Waals surface area contributed by atoms with Gasteiger partial charge in [-0.25, -0.2) is 8.78 Å². The maximum Gasteiger partial charge on any atom is 0.166 e. The zero-order valence-electron chi connectivity index (χ0n) is 7.85. The average Bonchev–Trinajstić information content (AvgIpc) is 2.23. The Morgan fingerprint density at radius 1 is 1.07 bits per heavy atom. The van der Waals surface area contributed by atoms with E-state index in [1.54, 1.807) is 12.1 Å². The maximum atomic E-state index is 13.3. The minimum absolute atomic E-state index is 0.365. The van der Waals surface area contributed by atoms with Gasteiger partial charge in [0.05, 0.1) is 0 Å². The van der Waals surface area contributed by atoms with E-state index in [1.807, 2.05) is 19.1 Å². The quantitative estimate of drug-likeness (QED) is 0.646. The summed E-state index contributed by atoms with van der Waals surface area (Å²) >= 11 is 0. The lowest BCUT2D eigenvalue weighted by molar-refractivity contribution is 0.517. The van der Waals surface area contributed by atoms with E-state index in [4.69, 9.17) is 0 Å². The second-order valence-electron chi connectivity index (χ2n) is 3.27. The smallest absolute Gasteiger partial charge is 0.166 e. The normalized spacial score (nSPS) is 10.8. The van der Waals surface area contributed by atoms with Crippen molar-refractivity contribution in [2.75, 3.05) is 0 Å². The van der Waals surface area contributed by atoms with Gasteiger partial charge in [-0.05, 0) is 29.5 Å². The Labute approximate surface area is 81.2 Å². The Balaban J connectivity index is 2.78.